The lowest BCUT2D eigenvalue weighted by Crippen LogP contribution is -2.35. The smallest absolute Gasteiger partial charge is 0.280 e. The van der Waals surface area contributed by atoms with E-state index in [4.69, 9.17) is 0 Å². The molecule has 0 aliphatic carbocycles. The number of piperidine rings is 1. The first-order valence-corrected chi connectivity index (χ1v) is 8.43. The van der Waals surface area contributed by atoms with Crippen LogP contribution in [0.3, 0.4) is 0 Å². The molecule has 0 saturated carbocycles. The number of benzene rings is 1. The number of rotatable bonds is 3. The molecule has 128 valence electrons. The highest BCUT2D eigenvalue weighted by Gasteiger charge is 2.22. The SMILES string of the molecule is Cc1ccc(-c2cc(C(F)F)nc(N3CCC[C@H](C)C3)n2)cc1C. The lowest BCUT2D eigenvalue weighted by atomic mass is 10.0. The van der Waals surface area contributed by atoms with Gasteiger partial charge in [0, 0.05) is 18.7 Å². The third-order valence-corrected chi connectivity index (χ3v) is 4.70. The van der Waals surface area contributed by atoms with Crippen LogP contribution in [0.15, 0.2) is 24.3 Å². The van der Waals surface area contributed by atoms with E-state index in [1.54, 1.807) is 0 Å². The van der Waals surface area contributed by atoms with Gasteiger partial charge in [0.2, 0.25) is 5.95 Å². The summed E-state index contributed by atoms with van der Waals surface area (Å²) in [6.07, 6.45) is -0.392. The van der Waals surface area contributed by atoms with Crippen molar-refractivity contribution in [3.8, 4) is 11.3 Å². The van der Waals surface area contributed by atoms with E-state index in [1.807, 2.05) is 36.9 Å². The van der Waals surface area contributed by atoms with Gasteiger partial charge in [0.05, 0.1) is 5.69 Å². The summed E-state index contributed by atoms with van der Waals surface area (Å²) in [6.45, 7) is 7.86. The summed E-state index contributed by atoms with van der Waals surface area (Å²) in [6, 6.07) is 7.33. The first kappa shape index (κ1) is 16.8. The van der Waals surface area contributed by atoms with E-state index in [9.17, 15) is 8.78 Å². The van der Waals surface area contributed by atoms with Gasteiger partial charge in [0.25, 0.3) is 6.43 Å². The fourth-order valence-corrected chi connectivity index (χ4v) is 3.13. The molecule has 3 rings (SSSR count). The van der Waals surface area contributed by atoms with Gasteiger partial charge in [-0.05, 0) is 55.9 Å². The van der Waals surface area contributed by atoms with Crippen LogP contribution in [-0.2, 0) is 0 Å². The van der Waals surface area contributed by atoms with Gasteiger partial charge in [-0.2, -0.15) is 0 Å². The van der Waals surface area contributed by atoms with Crippen LogP contribution >= 0.6 is 0 Å². The second-order valence-electron chi connectivity index (χ2n) is 6.77. The molecule has 0 spiro atoms. The number of halogens is 2. The minimum atomic E-state index is -2.60. The van der Waals surface area contributed by atoms with E-state index >= 15 is 0 Å². The van der Waals surface area contributed by atoms with Crippen LogP contribution in [0.2, 0.25) is 0 Å². The van der Waals surface area contributed by atoms with Crippen molar-refractivity contribution in [2.75, 3.05) is 18.0 Å². The summed E-state index contributed by atoms with van der Waals surface area (Å²) in [5, 5.41) is 0. The predicted octanol–water partition coefficient (Wildman–Crippen LogP) is 4.93. The maximum atomic E-state index is 13.3. The Morgan fingerprint density at radius 1 is 1.12 bits per heavy atom. The summed E-state index contributed by atoms with van der Waals surface area (Å²) in [4.78, 5) is 10.8. The number of anilines is 1. The predicted molar refractivity (Wildman–Crippen MR) is 92.5 cm³/mol. The van der Waals surface area contributed by atoms with E-state index in [0.717, 1.165) is 37.1 Å². The molecule has 1 aliphatic heterocycles. The molecule has 1 atom stereocenters. The minimum Gasteiger partial charge on any atom is -0.341 e. The van der Waals surface area contributed by atoms with Crippen molar-refractivity contribution in [3.05, 3.63) is 41.1 Å². The molecule has 1 aliphatic rings. The van der Waals surface area contributed by atoms with E-state index in [1.165, 1.54) is 11.6 Å². The lowest BCUT2D eigenvalue weighted by Gasteiger charge is -2.31. The van der Waals surface area contributed by atoms with Crippen molar-refractivity contribution in [2.24, 2.45) is 5.92 Å². The van der Waals surface area contributed by atoms with Crippen molar-refractivity contribution in [3.63, 3.8) is 0 Å². The fraction of sp³-hybridized carbons (Fsp3) is 0.474. The van der Waals surface area contributed by atoms with Crippen LogP contribution in [0.4, 0.5) is 14.7 Å². The average Bonchev–Trinajstić information content (AvgIpc) is 2.57. The van der Waals surface area contributed by atoms with E-state index in [0.29, 0.717) is 17.6 Å². The number of aromatic nitrogens is 2. The van der Waals surface area contributed by atoms with Gasteiger partial charge in [0.15, 0.2) is 0 Å². The van der Waals surface area contributed by atoms with Gasteiger partial charge < -0.3 is 4.90 Å². The molecule has 0 unspecified atom stereocenters. The summed E-state index contributed by atoms with van der Waals surface area (Å²) < 4.78 is 26.6. The maximum absolute atomic E-state index is 13.3. The maximum Gasteiger partial charge on any atom is 0.280 e. The molecular formula is C19H23F2N3. The first-order valence-electron chi connectivity index (χ1n) is 8.43. The number of nitrogens with zero attached hydrogens (tertiary/aromatic N) is 3. The molecule has 24 heavy (non-hydrogen) atoms. The highest BCUT2D eigenvalue weighted by molar-refractivity contribution is 5.63. The van der Waals surface area contributed by atoms with Crippen molar-refractivity contribution in [2.45, 2.75) is 40.0 Å². The molecule has 0 bridgehead atoms. The van der Waals surface area contributed by atoms with Crippen LogP contribution in [-0.4, -0.2) is 23.1 Å². The zero-order valence-corrected chi connectivity index (χ0v) is 14.4. The average molecular weight is 331 g/mol. The summed E-state index contributed by atoms with van der Waals surface area (Å²) in [5.74, 6) is 0.954. The molecule has 1 saturated heterocycles. The molecule has 2 heterocycles. The first-order chi connectivity index (χ1) is 11.4. The molecule has 3 nitrogen and oxygen atoms in total. The third-order valence-electron chi connectivity index (χ3n) is 4.70. The number of aryl methyl sites for hydroxylation is 2. The fourth-order valence-electron chi connectivity index (χ4n) is 3.13. The number of alkyl halides is 2. The Labute approximate surface area is 141 Å². The van der Waals surface area contributed by atoms with Crippen LogP contribution in [0.1, 0.15) is 43.0 Å². The van der Waals surface area contributed by atoms with E-state index in [2.05, 4.69) is 16.9 Å². The minimum absolute atomic E-state index is 0.202. The highest BCUT2D eigenvalue weighted by Crippen LogP contribution is 2.28. The summed E-state index contributed by atoms with van der Waals surface area (Å²) >= 11 is 0. The van der Waals surface area contributed by atoms with Gasteiger partial charge in [-0.3, -0.25) is 0 Å². The molecule has 2 aromatic rings. The van der Waals surface area contributed by atoms with Gasteiger partial charge in [0.1, 0.15) is 5.69 Å². The Balaban J connectivity index is 2.03. The Morgan fingerprint density at radius 2 is 1.92 bits per heavy atom. The normalized spacial score (nSPS) is 18.2. The Bertz CT molecular complexity index is 731. The molecule has 0 N–H and O–H groups in total. The van der Waals surface area contributed by atoms with Crippen LogP contribution in [0.5, 0.6) is 0 Å². The molecule has 0 amide bonds. The van der Waals surface area contributed by atoms with Gasteiger partial charge >= 0.3 is 0 Å². The Hall–Kier alpha value is -2.04. The summed E-state index contributed by atoms with van der Waals surface area (Å²) in [7, 11) is 0. The zero-order chi connectivity index (χ0) is 17.3. The molecule has 1 fully saturated rings. The second kappa shape index (κ2) is 6.83. The topological polar surface area (TPSA) is 29.0 Å². The Kier molecular flexibility index (Phi) is 4.78. The van der Waals surface area contributed by atoms with Crippen LogP contribution < -0.4 is 4.90 Å². The third kappa shape index (κ3) is 3.55. The summed E-state index contributed by atoms with van der Waals surface area (Å²) in [5.41, 5.74) is 3.52. The van der Waals surface area contributed by atoms with Crippen LogP contribution in [0, 0.1) is 19.8 Å². The van der Waals surface area contributed by atoms with Crippen molar-refractivity contribution in [1.29, 1.82) is 0 Å². The monoisotopic (exact) mass is 331 g/mol. The van der Waals surface area contributed by atoms with Gasteiger partial charge in [-0.1, -0.05) is 19.1 Å². The quantitative estimate of drug-likeness (QED) is 0.798. The largest absolute Gasteiger partial charge is 0.341 e. The van der Waals surface area contributed by atoms with Gasteiger partial charge in [-0.25, -0.2) is 18.7 Å². The number of hydrogen-bond donors (Lipinski definition) is 0. The van der Waals surface area contributed by atoms with Crippen molar-refractivity contribution >= 4 is 5.95 Å². The molecule has 5 heteroatoms. The molecular weight excluding hydrogens is 308 g/mol. The molecule has 0 radical (unpaired) electrons. The zero-order valence-electron chi connectivity index (χ0n) is 14.4. The Morgan fingerprint density at radius 3 is 2.58 bits per heavy atom. The molecule has 1 aromatic heterocycles. The highest BCUT2D eigenvalue weighted by atomic mass is 19.3. The lowest BCUT2D eigenvalue weighted by molar-refractivity contribution is 0.146. The number of hydrogen-bond acceptors (Lipinski definition) is 3. The van der Waals surface area contributed by atoms with E-state index < -0.39 is 6.43 Å². The standard InChI is InChI=1S/C19H23F2N3/c1-12-5-4-8-24(11-12)19-22-16(10-17(23-19)18(20)21)15-7-6-13(2)14(3)9-15/h6-7,9-10,12,18H,4-5,8,11H2,1-3H3/t12-/m0/s1. The van der Waals surface area contributed by atoms with E-state index in [-0.39, 0.29) is 5.69 Å². The second-order valence-corrected chi connectivity index (χ2v) is 6.77. The van der Waals surface area contributed by atoms with Crippen molar-refractivity contribution < 1.29 is 8.78 Å². The van der Waals surface area contributed by atoms with Gasteiger partial charge in [-0.15, -0.1) is 0 Å². The molecule has 1 aromatic carbocycles. The van der Waals surface area contributed by atoms with Crippen LogP contribution in [0.25, 0.3) is 11.3 Å². The van der Waals surface area contributed by atoms with Crippen molar-refractivity contribution in [1.82, 2.24) is 9.97 Å².